The third-order valence-corrected chi connectivity index (χ3v) is 7.92. The van der Waals surface area contributed by atoms with Crippen LogP contribution in [-0.2, 0) is 23.1 Å². The van der Waals surface area contributed by atoms with Crippen molar-refractivity contribution < 1.29 is 8.42 Å². The summed E-state index contributed by atoms with van der Waals surface area (Å²) in [7, 11) is -1.40. The van der Waals surface area contributed by atoms with E-state index in [1.165, 1.54) is 5.69 Å². The molecule has 2 aliphatic rings. The number of hydrogen-bond acceptors (Lipinski definition) is 4. The maximum atomic E-state index is 13.4. The van der Waals surface area contributed by atoms with Crippen molar-refractivity contribution in [2.75, 3.05) is 38.1 Å². The molecule has 5 nitrogen and oxygen atoms in total. The molecule has 0 bridgehead atoms. The molecule has 0 atom stereocenters. The highest BCUT2D eigenvalue weighted by molar-refractivity contribution is 7.89. The van der Waals surface area contributed by atoms with E-state index >= 15 is 0 Å². The fourth-order valence-electron chi connectivity index (χ4n) is 4.36. The van der Waals surface area contributed by atoms with Crippen molar-refractivity contribution in [3.05, 3.63) is 71.8 Å². The minimum atomic E-state index is -3.55. The van der Waals surface area contributed by atoms with Gasteiger partial charge in [0.1, 0.15) is 0 Å². The molecule has 7 heteroatoms. The third-order valence-electron chi connectivity index (χ3n) is 6.13. The summed E-state index contributed by atoms with van der Waals surface area (Å²) in [6, 6.07) is 19.5. The lowest BCUT2D eigenvalue weighted by Gasteiger charge is -2.35. The number of fused-ring (bicyclic) bond motifs is 2. The first kappa shape index (κ1) is 21.1. The number of piperazine rings is 1. The number of nitrogens with zero attached hydrogens (tertiary/aromatic N) is 3. The Labute approximate surface area is 184 Å². The molecule has 0 unspecified atom stereocenters. The van der Waals surface area contributed by atoms with Gasteiger partial charge in [0.05, 0.1) is 4.90 Å². The summed E-state index contributed by atoms with van der Waals surface area (Å²) >= 11 is 0. The SMILES string of the molecule is CN1CCN(c2cccc3c2CN(S(=O)(=O)c2ccc4ccccc4c2)C3)CC1.Cl. The van der Waals surface area contributed by atoms with Crippen molar-refractivity contribution in [2.45, 2.75) is 18.0 Å². The highest BCUT2D eigenvalue weighted by atomic mass is 35.5. The Bertz CT molecular complexity index is 1170. The lowest BCUT2D eigenvalue weighted by molar-refractivity contribution is 0.312. The monoisotopic (exact) mass is 443 g/mol. The van der Waals surface area contributed by atoms with Crippen LogP contribution in [0.1, 0.15) is 11.1 Å². The van der Waals surface area contributed by atoms with Crippen LogP contribution in [0.2, 0.25) is 0 Å². The van der Waals surface area contributed by atoms with Crippen molar-refractivity contribution in [1.82, 2.24) is 9.21 Å². The molecule has 0 radical (unpaired) electrons. The van der Waals surface area contributed by atoms with E-state index in [1.54, 1.807) is 16.4 Å². The first-order chi connectivity index (χ1) is 14.0. The van der Waals surface area contributed by atoms with Gasteiger partial charge in [-0.05, 0) is 47.1 Å². The topological polar surface area (TPSA) is 43.9 Å². The second-order valence-electron chi connectivity index (χ2n) is 7.99. The molecular weight excluding hydrogens is 418 g/mol. The van der Waals surface area contributed by atoms with Gasteiger partial charge in [-0.15, -0.1) is 12.4 Å². The van der Waals surface area contributed by atoms with Gasteiger partial charge in [0.2, 0.25) is 10.0 Å². The lowest BCUT2D eigenvalue weighted by atomic mass is 10.1. The summed E-state index contributed by atoms with van der Waals surface area (Å²) in [5.41, 5.74) is 3.46. The summed E-state index contributed by atoms with van der Waals surface area (Å²) in [5.74, 6) is 0. The van der Waals surface area contributed by atoms with Crippen molar-refractivity contribution >= 4 is 38.9 Å². The number of halogens is 1. The van der Waals surface area contributed by atoms with Crippen LogP contribution in [0.4, 0.5) is 5.69 Å². The average molecular weight is 444 g/mol. The first-order valence-electron chi connectivity index (χ1n) is 10.1. The molecule has 1 fully saturated rings. The molecule has 0 spiro atoms. The maximum absolute atomic E-state index is 13.4. The van der Waals surface area contributed by atoms with Gasteiger partial charge in [-0.3, -0.25) is 0 Å². The molecule has 2 heterocycles. The maximum Gasteiger partial charge on any atom is 0.243 e. The molecular formula is C23H26ClN3O2S. The number of rotatable bonds is 3. The van der Waals surface area contributed by atoms with Gasteiger partial charge < -0.3 is 9.80 Å². The Kier molecular flexibility index (Phi) is 5.77. The van der Waals surface area contributed by atoms with Crippen molar-refractivity contribution in [2.24, 2.45) is 0 Å². The van der Waals surface area contributed by atoms with Crippen LogP contribution in [0.25, 0.3) is 10.8 Å². The molecule has 2 aliphatic heterocycles. The number of sulfonamides is 1. The van der Waals surface area contributed by atoms with Crippen LogP contribution >= 0.6 is 12.4 Å². The smallest absolute Gasteiger partial charge is 0.243 e. The second-order valence-corrected chi connectivity index (χ2v) is 9.93. The van der Waals surface area contributed by atoms with Crippen LogP contribution in [0, 0.1) is 0 Å². The highest BCUT2D eigenvalue weighted by Gasteiger charge is 2.33. The second kappa shape index (κ2) is 8.19. The van der Waals surface area contributed by atoms with Crippen molar-refractivity contribution in [3.8, 4) is 0 Å². The molecule has 30 heavy (non-hydrogen) atoms. The zero-order chi connectivity index (χ0) is 20.0. The van der Waals surface area contributed by atoms with E-state index in [2.05, 4.69) is 35.0 Å². The van der Waals surface area contributed by atoms with E-state index in [9.17, 15) is 8.42 Å². The molecule has 1 saturated heterocycles. The van der Waals surface area contributed by atoms with Crippen LogP contribution in [0.3, 0.4) is 0 Å². The molecule has 5 rings (SSSR count). The summed E-state index contributed by atoms with van der Waals surface area (Å²) < 4.78 is 28.4. The zero-order valence-electron chi connectivity index (χ0n) is 17.0. The van der Waals surface area contributed by atoms with Gasteiger partial charge in [-0.25, -0.2) is 8.42 Å². The predicted octanol–water partition coefficient (Wildman–Crippen LogP) is 3.72. The first-order valence-corrected chi connectivity index (χ1v) is 11.5. The molecule has 3 aromatic carbocycles. The average Bonchev–Trinajstić information content (AvgIpc) is 3.19. The quantitative estimate of drug-likeness (QED) is 0.618. The van der Waals surface area contributed by atoms with Crippen LogP contribution in [-0.4, -0.2) is 50.8 Å². The standard InChI is InChI=1S/C23H25N3O2S.ClH/c1-24-11-13-25(14-12-24)23-8-4-7-20-16-26(17-22(20)23)29(27,28)21-10-9-18-5-2-3-6-19(18)15-21;/h2-10,15H,11-14,16-17H2,1H3;1H. The fourth-order valence-corrected chi connectivity index (χ4v) is 5.79. The highest BCUT2D eigenvalue weighted by Crippen LogP contribution is 2.35. The summed E-state index contributed by atoms with van der Waals surface area (Å²) in [5, 5.41) is 2.00. The molecule has 0 aliphatic carbocycles. The van der Waals surface area contributed by atoms with Gasteiger partial charge in [0.25, 0.3) is 0 Å². The predicted molar refractivity (Wildman–Crippen MR) is 124 cm³/mol. The summed E-state index contributed by atoms with van der Waals surface area (Å²) in [6.07, 6.45) is 0. The summed E-state index contributed by atoms with van der Waals surface area (Å²) in [4.78, 5) is 5.09. The molecule has 3 aromatic rings. The normalized spacial score (nSPS) is 17.7. The minimum absolute atomic E-state index is 0. The van der Waals surface area contributed by atoms with Crippen LogP contribution in [0.15, 0.2) is 65.6 Å². The van der Waals surface area contributed by atoms with Crippen molar-refractivity contribution in [3.63, 3.8) is 0 Å². The van der Waals surface area contributed by atoms with Gasteiger partial charge in [-0.1, -0.05) is 42.5 Å². The van der Waals surface area contributed by atoms with Crippen molar-refractivity contribution in [1.29, 1.82) is 0 Å². The third kappa shape index (κ3) is 3.69. The molecule has 0 amide bonds. The molecule has 0 N–H and O–H groups in total. The van der Waals surface area contributed by atoms with Gasteiger partial charge in [-0.2, -0.15) is 4.31 Å². The largest absolute Gasteiger partial charge is 0.369 e. The van der Waals surface area contributed by atoms with Crippen LogP contribution < -0.4 is 4.90 Å². The van der Waals surface area contributed by atoms with E-state index in [4.69, 9.17) is 0 Å². The van der Waals surface area contributed by atoms with Gasteiger partial charge in [0.15, 0.2) is 0 Å². The van der Waals surface area contributed by atoms with E-state index in [0.717, 1.165) is 48.1 Å². The van der Waals surface area contributed by atoms with Gasteiger partial charge >= 0.3 is 0 Å². The fraction of sp³-hybridized carbons (Fsp3) is 0.304. The van der Waals surface area contributed by atoms with Gasteiger partial charge in [0, 0.05) is 45.0 Å². The zero-order valence-corrected chi connectivity index (χ0v) is 18.6. The molecule has 0 aromatic heterocycles. The Morgan fingerprint density at radius 3 is 2.30 bits per heavy atom. The van der Waals surface area contributed by atoms with Crippen LogP contribution in [0.5, 0.6) is 0 Å². The Hall–Kier alpha value is -2.12. The lowest BCUT2D eigenvalue weighted by Crippen LogP contribution is -2.44. The molecule has 158 valence electrons. The van der Waals surface area contributed by atoms with E-state index in [-0.39, 0.29) is 12.4 Å². The number of anilines is 1. The minimum Gasteiger partial charge on any atom is -0.369 e. The van der Waals surface area contributed by atoms with E-state index in [1.807, 2.05) is 30.3 Å². The Morgan fingerprint density at radius 1 is 0.800 bits per heavy atom. The Balaban J connectivity index is 0.00000218. The van der Waals surface area contributed by atoms with E-state index < -0.39 is 10.0 Å². The number of hydrogen-bond donors (Lipinski definition) is 0. The Morgan fingerprint density at radius 2 is 1.53 bits per heavy atom. The summed E-state index contributed by atoms with van der Waals surface area (Å²) in [6.45, 7) is 4.89. The van der Waals surface area contributed by atoms with E-state index in [0.29, 0.717) is 18.0 Å². The number of benzene rings is 3. The molecule has 0 saturated carbocycles. The number of likely N-dealkylation sites (N-methyl/N-ethyl adjacent to an activating group) is 1.